The third-order valence-corrected chi connectivity index (χ3v) is 3.43. The van der Waals surface area contributed by atoms with Crippen LogP contribution >= 0.6 is 0 Å². The van der Waals surface area contributed by atoms with Gasteiger partial charge >= 0.3 is 5.97 Å². The number of carbonyl (C=O) groups excluding carboxylic acids is 2. The molecule has 0 aliphatic carbocycles. The van der Waals surface area contributed by atoms with Crippen molar-refractivity contribution in [1.29, 1.82) is 0 Å². The molecule has 22 heavy (non-hydrogen) atoms. The Morgan fingerprint density at radius 1 is 1.50 bits per heavy atom. The molecule has 1 saturated heterocycles. The largest absolute Gasteiger partial charge is 0.465 e. The van der Waals surface area contributed by atoms with Crippen molar-refractivity contribution in [3.05, 3.63) is 28.3 Å². The van der Waals surface area contributed by atoms with E-state index in [9.17, 15) is 14.4 Å². The number of nitrogens with zero attached hydrogens (tertiary/aromatic N) is 2. The number of hydrogen-bond acceptors (Lipinski definition) is 6. The van der Waals surface area contributed by atoms with Crippen LogP contribution in [0, 0.1) is 0 Å². The smallest absolute Gasteiger partial charge is 0.341 e. The first-order valence-electron chi connectivity index (χ1n) is 6.71. The van der Waals surface area contributed by atoms with E-state index in [-0.39, 0.29) is 22.7 Å². The van der Waals surface area contributed by atoms with Gasteiger partial charge in [0.05, 0.1) is 12.7 Å². The second-order valence-corrected chi connectivity index (χ2v) is 4.86. The first-order chi connectivity index (χ1) is 10.6. The third kappa shape index (κ3) is 2.46. The minimum atomic E-state index is -0.655. The summed E-state index contributed by atoms with van der Waals surface area (Å²) in [6.07, 6.45) is 3.67. The maximum absolute atomic E-state index is 12.1. The lowest BCUT2D eigenvalue weighted by atomic mass is 10.1. The fourth-order valence-electron chi connectivity index (χ4n) is 2.34. The maximum atomic E-state index is 12.1. The Balaban J connectivity index is 1.96. The summed E-state index contributed by atoms with van der Waals surface area (Å²) in [7, 11) is 1.22. The molecule has 3 aliphatic rings. The van der Waals surface area contributed by atoms with Crippen LogP contribution in [0.3, 0.4) is 0 Å². The van der Waals surface area contributed by atoms with E-state index < -0.39 is 17.6 Å². The fourth-order valence-corrected chi connectivity index (χ4v) is 2.34. The van der Waals surface area contributed by atoms with Gasteiger partial charge in [-0.3, -0.25) is 19.7 Å². The molecular weight excluding hydrogens is 292 g/mol. The van der Waals surface area contributed by atoms with Gasteiger partial charge in [0.25, 0.3) is 11.5 Å². The summed E-state index contributed by atoms with van der Waals surface area (Å²) >= 11 is 0. The van der Waals surface area contributed by atoms with Crippen molar-refractivity contribution in [2.75, 3.05) is 19.1 Å². The standard InChI is InChI=1S/C13H14N4O5/c1-21-13(20)8-6-17(5-7-10(8)14-15-11(7)18)16-12(19)9-3-2-4-22-9/h5-6,9H,2-4H2,1H3,(H,15,18)(H,16,19). The average Bonchev–Trinajstić information content (AvgIpc) is 3.16. The second-order valence-electron chi connectivity index (χ2n) is 4.86. The molecule has 0 aromatic heterocycles. The number of aromatic nitrogens is 3. The van der Waals surface area contributed by atoms with Crippen LogP contribution in [0.2, 0.25) is 0 Å². The Morgan fingerprint density at radius 2 is 2.32 bits per heavy atom. The molecule has 9 nitrogen and oxygen atoms in total. The molecule has 1 fully saturated rings. The van der Waals surface area contributed by atoms with Gasteiger partial charge in [-0.25, -0.2) is 9.89 Å². The molecule has 0 saturated carbocycles. The summed E-state index contributed by atoms with van der Waals surface area (Å²) in [6, 6.07) is 0. The Kier molecular flexibility index (Phi) is 3.63. The molecule has 3 aliphatic heterocycles. The van der Waals surface area contributed by atoms with Gasteiger partial charge < -0.3 is 9.47 Å². The van der Waals surface area contributed by atoms with Crippen molar-refractivity contribution in [2.45, 2.75) is 18.9 Å². The lowest BCUT2D eigenvalue weighted by molar-refractivity contribution is -0.125. The van der Waals surface area contributed by atoms with Crippen LogP contribution in [0.5, 0.6) is 0 Å². The SMILES string of the molecule is COC(=O)c1cn(NC(=O)C2CCCO2)cc2c(=O)[nH]nc1-2. The van der Waals surface area contributed by atoms with Crippen molar-refractivity contribution < 1.29 is 19.1 Å². The molecule has 2 N–H and O–H groups in total. The summed E-state index contributed by atoms with van der Waals surface area (Å²) in [5.41, 5.74) is 2.56. The van der Waals surface area contributed by atoms with Crippen LogP contribution in [-0.2, 0) is 14.3 Å². The van der Waals surface area contributed by atoms with Crippen LogP contribution in [0.25, 0.3) is 11.3 Å². The van der Waals surface area contributed by atoms with E-state index in [4.69, 9.17) is 4.74 Å². The normalized spacial score (nSPS) is 17.6. The van der Waals surface area contributed by atoms with E-state index in [2.05, 4.69) is 20.4 Å². The Labute approximate surface area is 124 Å². The van der Waals surface area contributed by atoms with Crippen molar-refractivity contribution >= 4 is 11.9 Å². The van der Waals surface area contributed by atoms with E-state index >= 15 is 0 Å². The molecule has 0 aromatic rings. The van der Waals surface area contributed by atoms with Gasteiger partial charge in [0.1, 0.15) is 17.4 Å². The molecule has 1 unspecified atom stereocenters. The monoisotopic (exact) mass is 306 g/mol. The predicted molar refractivity (Wildman–Crippen MR) is 74.2 cm³/mol. The van der Waals surface area contributed by atoms with Crippen molar-refractivity contribution in [1.82, 2.24) is 14.9 Å². The summed E-state index contributed by atoms with van der Waals surface area (Å²) in [5, 5.41) is 6.06. The van der Waals surface area contributed by atoms with E-state index in [1.165, 1.54) is 24.2 Å². The summed E-state index contributed by atoms with van der Waals surface area (Å²) < 4.78 is 11.2. The molecule has 3 heterocycles. The van der Waals surface area contributed by atoms with E-state index in [1.54, 1.807) is 0 Å². The summed E-state index contributed by atoms with van der Waals surface area (Å²) in [6.45, 7) is 0.543. The highest BCUT2D eigenvalue weighted by Crippen LogP contribution is 2.20. The molecule has 0 aromatic carbocycles. The number of rotatable bonds is 3. The lowest BCUT2D eigenvalue weighted by Crippen LogP contribution is -2.33. The summed E-state index contributed by atoms with van der Waals surface area (Å²) in [5.74, 6) is -0.995. The Hall–Kier alpha value is -2.68. The number of pyridine rings is 1. The number of fused-ring (bicyclic) bond motifs is 1. The van der Waals surface area contributed by atoms with E-state index in [1.807, 2.05) is 0 Å². The number of aromatic amines is 1. The van der Waals surface area contributed by atoms with E-state index in [0.29, 0.717) is 13.0 Å². The number of hydrogen-bond donors (Lipinski definition) is 2. The highest BCUT2D eigenvalue weighted by Gasteiger charge is 2.26. The van der Waals surface area contributed by atoms with Gasteiger partial charge in [0.2, 0.25) is 0 Å². The molecular formula is C13H14N4O5. The molecule has 1 amide bonds. The number of amides is 1. The topological polar surface area (TPSA) is 115 Å². The quantitative estimate of drug-likeness (QED) is 0.753. The number of nitrogens with one attached hydrogen (secondary N) is 2. The third-order valence-electron chi connectivity index (χ3n) is 3.43. The van der Waals surface area contributed by atoms with Crippen LogP contribution in [-0.4, -0.2) is 46.6 Å². The van der Waals surface area contributed by atoms with Crippen LogP contribution in [0.1, 0.15) is 23.2 Å². The van der Waals surface area contributed by atoms with Crippen molar-refractivity contribution in [3.8, 4) is 11.3 Å². The zero-order chi connectivity index (χ0) is 15.7. The molecule has 3 rings (SSSR count). The first-order valence-corrected chi connectivity index (χ1v) is 6.71. The second kappa shape index (κ2) is 5.60. The minimum Gasteiger partial charge on any atom is -0.465 e. The average molecular weight is 306 g/mol. The van der Waals surface area contributed by atoms with Gasteiger partial charge in [-0.1, -0.05) is 0 Å². The minimum absolute atomic E-state index is 0.0750. The van der Waals surface area contributed by atoms with Gasteiger partial charge in [-0.2, -0.15) is 5.10 Å². The molecule has 1 atom stereocenters. The maximum Gasteiger partial charge on any atom is 0.341 e. The fraction of sp³-hybridized carbons (Fsp3) is 0.385. The van der Waals surface area contributed by atoms with Crippen LogP contribution in [0.15, 0.2) is 17.2 Å². The van der Waals surface area contributed by atoms with Crippen LogP contribution < -0.4 is 11.0 Å². The Bertz CT molecular complexity index is 743. The van der Waals surface area contributed by atoms with Gasteiger partial charge in [-0.15, -0.1) is 0 Å². The zero-order valence-electron chi connectivity index (χ0n) is 11.8. The van der Waals surface area contributed by atoms with E-state index in [0.717, 1.165) is 6.42 Å². The zero-order valence-corrected chi connectivity index (χ0v) is 11.8. The van der Waals surface area contributed by atoms with Gasteiger partial charge in [0.15, 0.2) is 0 Å². The summed E-state index contributed by atoms with van der Waals surface area (Å²) in [4.78, 5) is 35.6. The molecule has 0 bridgehead atoms. The Morgan fingerprint density at radius 3 is 3.00 bits per heavy atom. The van der Waals surface area contributed by atoms with Crippen molar-refractivity contribution in [3.63, 3.8) is 0 Å². The number of ether oxygens (including phenoxy) is 2. The molecule has 116 valence electrons. The molecule has 0 spiro atoms. The number of H-pyrrole nitrogens is 1. The van der Waals surface area contributed by atoms with Gasteiger partial charge in [-0.05, 0) is 12.8 Å². The molecule has 0 radical (unpaired) electrons. The lowest BCUT2D eigenvalue weighted by Gasteiger charge is -2.15. The molecule has 9 heteroatoms. The highest BCUT2D eigenvalue weighted by molar-refractivity contribution is 5.96. The van der Waals surface area contributed by atoms with Crippen molar-refractivity contribution in [2.24, 2.45) is 0 Å². The number of carbonyl (C=O) groups is 2. The van der Waals surface area contributed by atoms with Gasteiger partial charge in [0, 0.05) is 19.0 Å². The highest BCUT2D eigenvalue weighted by atomic mass is 16.5. The predicted octanol–water partition coefficient (Wildman–Crippen LogP) is -0.288. The van der Waals surface area contributed by atoms with Crippen LogP contribution in [0.4, 0.5) is 0 Å². The first kappa shape index (κ1) is 14.3. The number of methoxy groups -OCH3 is 1. The number of esters is 1.